The predicted molar refractivity (Wildman–Crippen MR) is 39.6 cm³/mol. The summed E-state index contributed by atoms with van der Waals surface area (Å²) in [6, 6.07) is 0. The molecule has 1 aliphatic heterocycles. The smallest absolute Gasteiger partial charge is 0.124 e. The standard InChI is InChI=1S/C7H15FN2/c8-7(3-4-9)2-1-5-10-6-7/h10H,1-6,9H2. The zero-order valence-corrected chi connectivity index (χ0v) is 6.20. The van der Waals surface area contributed by atoms with E-state index in [-0.39, 0.29) is 0 Å². The summed E-state index contributed by atoms with van der Waals surface area (Å²) in [7, 11) is 0. The number of nitrogens with two attached hydrogens (primary N) is 1. The summed E-state index contributed by atoms with van der Waals surface area (Å²) in [5, 5.41) is 3.03. The van der Waals surface area contributed by atoms with Crippen LogP contribution in [-0.2, 0) is 0 Å². The summed E-state index contributed by atoms with van der Waals surface area (Å²) in [6.45, 7) is 1.90. The molecule has 1 atom stereocenters. The lowest BCUT2D eigenvalue weighted by molar-refractivity contribution is 0.114. The fourth-order valence-corrected chi connectivity index (χ4v) is 1.40. The molecule has 0 aromatic heterocycles. The van der Waals surface area contributed by atoms with E-state index < -0.39 is 5.67 Å². The second kappa shape index (κ2) is 3.30. The van der Waals surface area contributed by atoms with Gasteiger partial charge in [-0.3, -0.25) is 0 Å². The van der Waals surface area contributed by atoms with Crippen LogP contribution in [0.3, 0.4) is 0 Å². The van der Waals surface area contributed by atoms with Gasteiger partial charge in [0.15, 0.2) is 0 Å². The van der Waals surface area contributed by atoms with Gasteiger partial charge in [-0.25, -0.2) is 4.39 Å². The average molecular weight is 146 g/mol. The van der Waals surface area contributed by atoms with E-state index in [1.807, 2.05) is 0 Å². The molecular weight excluding hydrogens is 131 g/mol. The van der Waals surface area contributed by atoms with Crippen LogP contribution < -0.4 is 11.1 Å². The van der Waals surface area contributed by atoms with Crippen molar-refractivity contribution in [3.63, 3.8) is 0 Å². The third kappa shape index (κ3) is 1.92. The lowest BCUT2D eigenvalue weighted by atomic mass is 9.93. The number of nitrogens with one attached hydrogen (secondary N) is 1. The number of piperidine rings is 1. The highest BCUT2D eigenvalue weighted by molar-refractivity contribution is 4.85. The second-order valence-electron chi connectivity index (χ2n) is 2.97. The van der Waals surface area contributed by atoms with Crippen molar-refractivity contribution in [2.45, 2.75) is 24.9 Å². The van der Waals surface area contributed by atoms with Crippen molar-refractivity contribution in [1.29, 1.82) is 0 Å². The molecule has 0 saturated carbocycles. The maximum atomic E-state index is 13.4. The minimum Gasteiger partial charge on any atom is -0.330 e. The Balaban J connectivity index is 2.32. The summed E-state index contributed by atoms with van der Waals surface area (Å²) in [5.41, 5.74) is 4.27. The number of rotatable bonds is 2. The average Bonchev–Trinajstić information content (AvgIpc) is 1.89. The lowest BCUT2D eigenvalue weighted by Gasteiger charge is -2.29. The van der Waals surface area contributed by atoms with E-state index in [0.717, 1.165) is 13.0 Å². The summed E-state index contributed by atoms with van der Waals surface area (Å²) >= 11 is 0. The van der Waals surface area contributed by atoms with E-state index in [0.29, 0.717) is 25.9 Å². The first-order valence-corrected chi connectivity index (χ1v) is 3.86. The molecule has 1 fully saturated rings. The van der Waals surface area contributed by atoms with Crippen LogP contribution in [0.5, 0.6) is 0 Å². The molecule has 0 bridgehead atoms. The van der Waals surface area contributed by atoms with Crippen LogP contribution >= 0.6 is 0 Å². The first kappa shape index (κ1) is 7.95. The van der Waals surface area contributed by atoms with Crippen LogP contribution in [0.4, 0.5) is 4.39 Å². The molecule has 0 aromatic rings. The number of hydrogen-bond donors (Lipinski definition) is 2. The van der Waals surface area contributed by atoms with Crippen molar-refractivity contribution < 1.29 is 4.39 Å². The Morgan fingerprint density at radius 3 is 2.90 bits per heavy atom. The van der Waals surface area contributed by atoms with E-state index in [4.69, 9.17) is 5.73 Å². The number of alkyl halides is 1. The predicted octanol–water partition coefficient (Wildman–Crippen LogP) is 0.427. The van der Waals surface area contributed by atoms with Crippen molar-refractivity contribution >= 4 is 0 Å². The fraction of sp³-hybridized carbons (Fsp3) is 1.00. The van der Waals surface area contributed by atoms with Crippen LogP contribution in [0, 0.1) is 0 Å². The number of hydrogen-bond acceptors (Lipinski definition) is 2. The minimum absolute atomic E-state index is 0.457. The molecule has 1 aliphatic rings. The Hall–Kier alpha value is -0.150. The Labute approximate surface area is 61.0 Å². The van der Waals surface area contributed by atoms with Gasteiger partial charge in [-0.1, -0.05) is 0 Å². The zero-order valence-electron chi connectivity index (χ0n) is 6.20. The highest BCUT2D eigenvalue weighted by Crippen LogP contribution is 2.23. The monoisotopic (exact) mass is 146 g/mol. The minimum atomic E-state index is -1.01. The Morgan fingerprint density at radius 2 is 2.40 bits per heavy atom. The first-order valence-electron chi connectivity index (χ1n) is 3.86. The molecule has 3 N–H and O–H groups in total. The van der Waals surface area contributed by atoms with Crippen LogP contribution in [0.1, 0.15) is 19.3 Å². The van der Waals surface area contributed by atoms with Gasteiger partial charge in [0.2, 0.25) is 0 Å². The van der Waals surface area contributed by atoms with Gasteiger partial charge in [0.25, 0.3) is 0 Å². The van der Waals surface area contributed by atoms with Gasteiger partial charge in [-0.05, 0) is 32.4 Å². The van der Waals surface area contributed by atoms with E-state index >= 15 is 0 Å². The van der Waals surface area contributed by atoms with E-state index in [1.54, 1.807) is 0 Å². The molecule has 2 nitrogen and oxygen atoms in total. The Bertz CT molecular complexity index is 94.3. The Kier molecular flexibility index (Phi) is 2.63. The molecule has 1 unspecified atom stereocenters. The van der Waals surface area contributed by atoms with Crippen LogP contribution in [0.25, 0.3) is 0 Å². The molecule has 0 radical (unpaired) electrons. The van der Waals surface area contributed by atoms with Gasteiger partial charge in [-0.2, -0.15) is 0 Å². The van der Waals surface area contributed by atoms with Crippen molar-refractivity contribution in [2.75, 3.05) is 19.6 Å². The molecule has 0 aliphatic carbocycles. The lowest BCUT2D eigenvalue weighted by Crippen LogP contribution is -2.43. The van der Waals surface area contributed by atoms with E-state index in [1.165, 1.54) is 0 Å². The van der Waals surface area contributed by atoms with Crippen molar-refractivity contribution in [3.8, 4) is 0 Å². The van der Waals surface area contributed by atoms with Crippen molar-refractivity contribution in [2.24, 2.45) is 5.73 Å². The summed E-state index contributed by atoms with van der Waals surface area (Å²) in [5.74, 6) is 0. The molecule has 3 heteroatoms. The maximum Gasteiger partial charge on any atom is 0.124 e. The normalized spacial score (nSPS) is 34.2. The third-order valence-electron chi connectivity index (χ3n) is 2.01. The van der Waals surface area contributed by atoms with Gasteiger partial charge in [0, 0.05) is 6.54 Å². The molecule has 0 aromatic carbocycles. The first-order chi connectivity index (χ1) is 4.77. The maximum absolute atomic E-state index is 13.4. The van der Waals surface area contributed by atoms with Crippen molar-refractivity contribution in [3.05, 3.63) is 0 Å². The van der Waals surface area contributed by atoms with Gasteiger partial charge in [-0.15, -0.1) is 0 Å². The highest BCUT2D eigenvalue weighted by Gasteiger charge is 2.30. The summed E-state index contributed by atoms with van der Waals surface area (Å²) in [4.78, 5) is 0. The number of halogens is 1. The van der Waals surface area contributed by atoms with E-state index in [2.05, 4.69) is 5.32 Å². The van der Waals surface area contributed by atoms with Gasteiger partial charge in [0.1, 0.15) is 5.67 Å². The fourth-order valence-electron chi connectivity index (χ4n) is 1.40. The summed E-state index contributed by atoms with van der Waals surface area (Å²) < 4.78 is 13.4. The van der Waals surface area contributed by atoms with Gasteiger partial charge >= 0.3 is 0 Å². The zero-order chi connectivity index (χ0) is 7.45. The van der Waals surface area contributed by atoms with Crippen molar-refractivity contribution in [1.82, 2.24) is 5.32 Å². The molecule has 60 valence electrons. The Morgan fingerprint density at radius 1 is 1.60 bits per heavy atom. The van der Waals surface area contributed by atoms with Gasteiger partial charge < -0.3 is 11.1 Å². The van der Waals surface area contributed by atoms with E-state index in [9.17, 15) is 4.39 Å². The topological polar surface area (TPSA) is 38.0 Å². The van der Waals surface area contributed by atoms with Crippen LogP contribution in [0.15, 0.2) is 0 Å². The third-order valence-corrected chi connectivity index (χ3v) is 2.01. The van der Waals surface area contributed by atoms with Gasteiger partial charge in [0.05, 0.1) is 0 Å². The van der Waals surface area contributed by atoms with Crippen LogP contribution in [0.2, 0.25) is 0 Å². The molecule has 0 amide bonds. The molecule has 1 rings (SSSR count). The molecule has 10 heavy (non-hydrogen) atoms. The molecule has 0 spiro atoms. The highest BCUT2D eigenvalue weighted by atomic mass is 19.1. The molecular formula is C7H15FN2. The summed E-state index contributed by atoms with van der Waals surface area (Å²) in [6.07, 6.45) is 2.12. The second-order valence-corrected chi connectivity index (χ2v) is 2.97. The molecule has 1 heterocycles. The molecule has 1 saturated heterocycles. The SMILES string of the molecule is NCCC1(F)CCCNC1. The van der Waals surface area contributed by atoms with Crippen LogP contribution in [-0.4, -0.2) is 25.3 Å². The quantitative estimate of drug-likeness (QED) is 0.592. The largest absolute Gasteiger partial charge is 0.330 e.